The third-order valence-electron chi connectivity index (χ3n) is 3.25. The van der Waals surface area contributed by atoms with Gasteiger partial charge in [-0.05, 0) is 30.7 Å². The number of halogens is 3. The lowest BCUT2D eigenvalue weighted by atomic mass is 10.1. The molecule has 0 aliphatic rings. The first-order chi connectivity index (χ1) is 12.1. The van der Waals surface area contributed by atoms with E-state index < -0.39 is 28.5 Å². The molecule has 0 aliphatic heterocycles. The molecule has 26 heavy (non-hydrogen) atoms. The number of carbonyl (C=O) groups excluding carboxylic acids is 1. The van der Waals surface area contributed by atoms with E-state index in [0.29, 0.717) is 0 Å². The molecule has 134 valence electrons. The van der Waals surface area contributed by atoms with Crippen molar-refractivity contribution in [3.8, 4) is 6.07 Å². The molecule has 0 unspecified atom stereocenters. The Hall–Kier alpha value is -3.68. The predicted octanol–water partition coefficient (Wildman–Crippen LogP) is 2.95. The molecule has 0 bridgehead atoms. The van der Waals surface area contributed by atoms with Crippen molar-refractivity contribution >= 4 is 17.4 Å². The Bertz CT molecular complexity index is 904. The summed E-state index contributed by atoms with van der Waals surface area (Å²) in [6, 6.07) is 6.97. The molecule has 8 nitrogen and oxygen atoms in total. The van der Waals surface area contributed by atoms with Crippen LogP contribution in [0.5, 0.6) is 0 Å². The highest BCUT2D eigenvalue weighted by Crippen LogP contribution is 2.30. The van der Waals surface area contributed by atoms with Gasteiger partial charge in [-0.25, -0.2) is 4.98 Å². The van der Waals surface area contributed by atoms with Crippen LogP contribution in [0, 0.1) is 28.4 Å². The molecular weight excluding hydrogens is 355 g/mol. The molecule has 0 atom stereocenters. The number of nitrogens with zero attached hydrogens (tertiary/aromatic N) is 3. The summed E-state index contributed by atoms with van der Waals surface area (Å²) >= 11 is 0. The molecule has 2 N–H and O–H groups in total. The summed E-state index contributed by atoms with van der Waals surface area (Å²) in [6.45, 7) is 1.30. The van der Waals surface area contributed by atoms with Crippen LogP contribution in [0.2, 0.25) is 0 Å². The number of benzene rings is 1. The number of hydrogen-bond donors (Lipinski definition) is 2. The maximum atomic E-state index is 12.8. The number of amides is 1. The molecule has 1 aromatic heterocycles. The minimum Gasteiger partial charge on any atom is -0.280 e. The minimum atomic E-state index is -4.72. The zero-order valence-corrected chi connectivity index (χ0v) is 13.1. The van der Waals surface area contributed by atoms with Crippen LogP contribution in [0.1, 0.15) is 27.2 Å². The summed E-state index contributed by atoms with van der Waals surface area (Å²) in [5.74, 6) is -1.24. The van der Waals surface area contributed by atoms with Gasteiger partial charge in [-0.15, -0.1) is 0 Å². The number of anilines is 1. The van der Waals surface area contributed by atoms with E-state index in [-0.39, 0.29) is 22.4 Å². The van der Waals surface area contributed by atoms with Crippen molar-refractivity contribution in [3.63, 3.8) is 0 Å². The summed E-state index contributed by atoms with van der Waals surface area (Å²) in [7, 11) is 0. The Balaban J connectivity index is 2.23. The summed E-state index contributed by atoms with van der Waals surface area (Å²) in [6.07, 6.45) is -4.72. The van der Waals surface area contributed by atoms with E-state index in [1.165, 1.54) is 19.1 Å². The molecule has 0 saturated carbocycles. The summed E-state index contributed by atoms with van der Waals surface area (Å²) in [4.78, 5) is 25.2. The Morgan fingerprint density at radius 2 is 1.92 bits per heavy atom. The largest absolute Gasteiger partial charge is 0.433 e. The highest BCUT2D eigenvalue weighted by atomic mass is 19.4. The maximum absolute atomic E-state index is 12.8. The average molecular weight is 365 g/mol. The fourth-order valence-electron chi connectivity index (χ4n) is 1.97. The number of nitrogens with one attached hydrogen (secondary N) is 2. The number of nitro groups is 1. The topological polar surface area (TPSA) is 121 Å². The van der Waals surface area contributed by atoms with Crippen molar-refractivity contribution in [3.05, 3.63) is 62.8 Å². The van der Waals surface area contributed by atoms with E-state index in [4.69, 9.17) is 5.26 Å². The van der Waals surface area contributed by atoms with Crippen LogP contribution in [0.25, 0.3) is 0 Å². The number of aryl methyl sites for hydroxylation is 1. The third-order valence-corrected chi connectivity index (χ3v) is 3.25. The first-order valence-corrected chi connectivity index (χ1v) is 6.93. The molecule has 2 aromatic rings. The number of nitriles is 1. The molecule has 1 aromatic carbocycles. The molecule has 2 rings (SSSR count). The molecule has 11 heteroatoms. The second-order valence-corrected chi connectivity index (χ2v) is 5.04. The summed E-state index contributed by atoms with van der Waals surface area (Å²) < 4.78 is 38.5. The second kappa shape index (κ2) is 7.06. The smallest absolute Gasteiger partial charge is 0.280 e. The lowest BCUT2D eigenvalue weighted by Crippen LogP contribution is -2.30. The van der Waals surface area contributed by atoms with Gasteiger partial charge in [-0.1, -0.05) is 0 Å². The van der Waals surface area contributed by atoms with Gasteiger partial charge in [0.05, 0.1) is 10.5 Å². The molecule has 0 spiro atoms. The van der Waals surface area contributed by atoms with Gasteiger partial charge in [0.2, 0.25) is 0 Å². The van der Waals surface area contributed by atoms with E-state index in [1.807, 2.05) is 0 Å². The van der Waals surface area contributed by atoms with Gasteiger partial charge in [0, 0.05) is 17.7 Å². The summed E-state index contributed by atoms with van der Waals surface area (Å²) in [5, 5.41) is 19.6. The fraction of sp³-hybridized carbons (Fsp3) is 0.133. The Labute approximate surface area is 144 Å². The number of alkyl halides is 3. The second-order valence-electron chi connectivity index (χ2n) is 5.04. The number of hydrogen-bond acceptors (Lipinski definition) is 6. The quantitative estimate of drug-likeness (QED) is 0.635. The highest BCUT2D eigenvalue weighted by molar-refractivity contribution is 5.95. The number of carbonyl (C=O) groups is 1. The van der Waals surface area contributed by atoms with Gasteiger partial charge >= 0.3 is 6.18 Å². The van der Waals surface area contributed by atoms with Gasteiger partial charge in [-0.3, -0.25) is 25.8 Å². The maximum Gasteiger partial charge on any atom is 0.433 e. The van der Waals surface area contributed by atoms with Crippen molar-refractivity contribution in [1.29, 1.82) is 5.26 Å². The lowest BCUT2D eigenvalue weighted by Gasteiger charge is -2.14. The van der Waals surface area contributed by atoms with Gasteiger partial charge < -0.3 is 0 Å². The standard InChI is InChI=1S/C15H10F3N5O3/c1-8-6-12(15(16,17)18)20-13(11(8)7-19)21-22-14(24)9-2-4-10(5-3-9)23(25)26/h2-6H,1H3,(H,20,21)(H,22,24). The monoisotopic (exact) mass is 365 g/mol. The zero-order valence-electron chi connectivity index (χ0n) is 13.1. The number of rotatable bonds is 4. The van der Waals surface area contributed by atoms with Gasteiger partial charge in [0.1, 0.15) is 11.8 Å². The van der Waals surface area contributed by atoms with E-state index in [2.05, 4.69) is 15.8 Å². The Morgan fingerprint density at radius 1 is 1.31 bits per heavy atom. The summed E-state index contributed by atoms with van der Waals surface area (Å²) in [5.41, 5.74) is 2.73. The number of hydrazine groups is 1. The van der Waals surface area contributed by atoms with E-state index in [9.17, 15) is 28.1 Å². The fourth-order valence-corrected chi connectivity index (χ4v) is 1.97. The van der Waals surface area contributed by atoms with Crippen LogP contribution in [-0.4, -0.2) is 15.8 Å². The third kappa shape index (κ3) is 4.04. The first kappa shape index (κ1) is 18.7. The number of nitro benzene ring substituents is 1. The highest BCUT2D eigenvalue weighted by Gasteiger charge is 2.34. The van der Waals surface area contributed by atoms with E-state index >= 15 is 0 Å². The normalized spacial score (nSPS) is 10.7. The van der Waals surface area contributed by atoms with Crippen LogP contribution in [0.15, 0.2) is 30.3 Å². The Morgan fingerprint density at radius 3 is 2.42 bits per heavy atom. The van der Waals surface area contributed by atoms with E-state index in [1.54, 1.807) is 6.07 Å². The van der Waals surface area contributed by atoms with Gasteiger partial charge in [-0.2, -0.15) is 18.4 Å². The molecule has 1 heterocycles. The lowest BCUT2D eigenvalue weighted by molar-refractivity contribution is -0.384. The van der Waals surface area contributed by atoms with Crippen molar-refractivity contribution < 1.29 is 22.9 Å². The van der Waals surface area contributed by atoms with Crippen molar-refractivity contribution in [2.75, 3.05) is 5.43 Å². The van der Waals surface area contributed by atoms with Crippen LogP contribution in [0.4, 0.5) is 24.7 Å². The number of pyridine rings is 1. The first-order valence-electron chi connectivity index (χ1n) is 6.93. The molecule has 0 aliphatic carbocycles. The van der Waals surface area contributed by atoms with Crippen LogP contribution < -0.4 is 10.9 Å². The zero-order chi connectivity index (χ0) is 19.5. The minimum absolute atomic E-state index is 0.0188. The van der Waals surface area contributed by atoms with Gasteiger partial charge in [0.25, 0.3) is 11.6 Å². The molecule has 0 saturated heterocycles. The number of non-ortho nitro benzene ring substituents is 1. The molecular formula is C15H10F3N5O3. The molecule has 0 fully saturated rings. The van der Waals surface area contributed by atoms with Crippen molar-refractivity contribution in [2.24, 2.45) is 0 Å². The van der Waals surface area contributed by atoms with Crippen LogP contribution in [0.3, 0.4) is 0 Å². The molecule has 0 radical (unpaired) electrons. The van der Waals surface area contributed by atoms with Gasteiger partial charge in [0.15, 0.2) is 5.82 Å². The van der Waals surface area contributed by atoms with Crippen LogP contribution in [-0.2, 0) is 6.18 Å². The SMILES string of the molecule is Cc1cc(C(F)(F)F)nc(NNC(=O)c2ccc([N+](=O)[O-])cc2)c1C#N. The Kier molecular flexibility index (Phi) is 5.06. The number of aromatic nitrogens is 1. The van der Waals surface area contributed by atoms with Crippen molar-refractivity contribution in [1.82, 2.24) is 10.4 Å². The average Bonchev–Trinajstić information content (AvgIpc) is 2.58. The van der Waals surface area contributed by atoms with Crippen molar-refractivity contribution in [2.45, 2.75) is 13.1 Å². The van der Waals surface area contributed by atoms with Crippen LogP contribution >= 0.6 is 0 Å². The van der Waals surface area contributed by atoms with E-state index in [0.717, 1.165) is 18.2 Å². The predicted molar refractivity (Wildman–Crippen MR) is 82.9 cm³/mol. The molecule has 1 amide bonds.